The number of halogens is 1. The van der Waals surface area contributed by atoms with Gasteiger partial charge in [0.1, 0.15) is 18.0 Å². The molecule has 2 fully saturated rings. The zero-order valence-electron chi connectivity index (χ0n) is 13.6. The fraction of sp³-hybridized carbons (Fsp3) is 0.647. The predicted octanol–water partition coefficient (Wildman–Crippen LogP) is -0.263. The molecule has 0 saturated carbocycles. The van der Waals surface area contributed by atoms with Crippen molar-refractivity contribution in [3.8, 4) is 0 Å². The molecule has 134 valence electrons. The number of hydrogen-bond donors (Lipinski definition) is 3. The number of hydrogen-bond acceptors (Lipinski definition) is 6. The molecule has 0 aliphatic carbocycles. The van der Waals surface area contributed by atoms with E-state index < -0.39 is 12.2 Å². The lowest BCUT2D eigenvalue weighted by Crippen LogP contribution is -2.54. The summed E-state index contributed by atoms with van der Waals surface area (Å²) in [5, 5.41) is 23.2. The number of benzene rings is 1. The first-order valence-corrected chi connectivity index (χ1v) is 8.40. The number of nitrogens with zero attached hydrogens (tertiary/aromatic N) is 1. The highest BCUT2D eigenvalue weighted by Crippen LogP contribution is 2.26. The lowest BCUT2D eigenvalue weighted by Gasteiger charge is -2.36. The first-order chi connectivity index (χ1) is 11.7. The summed E-state index contributed by atoms with van der Waals surface area (Å²) in [5.74, 6) is -0.251. The first-order valence-electron chi connectivity index (χ1n) is 8.40. The van der Waals surface area contributed by atoms with Crippen LogP contribution in [0.3, 0.4) is 0 Å². The van der Waals surface area contributed by atoms with Crippen molar-refractivity contribution in [3.63, 3.8) is 0 Å². The Morgan fingerprint density at radius 2 is 1.88 bits per heavy atom. The molecule has 24 heavy (non-hydrogen) atoms. The Hall–Kier alpha value is -1.09. The van der Waals surface area contributed by atoms with E-state index in [9.17, 15) is 14.6 Å². The summed E-state index contributed by atoms with van der Waals surface area (Å²) in [4.78, 5) is 2.17. The van der Waals surface area contributed by atoms with E-state index in [4.69, 9.17) is 9.47 Å². The first kappa shape index (κ1) is 17.7. The van der Waals surface area contributed by atoms with Crippen molar-refractivity contribution in [3.05, 3.63) is 35.6 Å². The predicted molar refractivity (Wildman–Crippen MR) is 86.0 cm³/mol. The van der Waals surface area contributed by atoms with Crippen LogP contribution in [0.1, 0.15) is 5.56 Å². The van der Waals surface area contributed by atoms with Crippen molar-refractivity contribution in [2.24, 2.45) is 0 Å². The second-order valence-corrected chi connectivity index (χ2v) is 6.28. The van der Waals surface area contributed by atoms with Crippen molar-refractivity contribution in [1.29, 1.82) is 0 Å². The van der Waals surface area contributed by atoms with E-state index in [1.54, 1.807) is 12.1 Å². The highest BCUT2D eigenvalue weighted by molar-refractivity contribution is 5.15. The van der Waals surface area contributed by atoms with Crippen LogP contribution < -0.4 is 5.32 Å². The standard InChI is InChI=1S/C17H25FN2O4/c18-13-3-1-12(2-4-13)9-19-10-14-16(17(22)15(11-21)24-14)20-5-7-23-8-6-20/h1-4,14-17,19,21-22H,5-11H2/t14-,15-,16+,17+/m0/s1. The maximum absolute atomic E-state index is 12.9. The number of ether oxygens (including phenoxy) is 2. The number of aliphatic hydroxyl groups is 2. The Balaban J connectivity index is 1.57. The average Bonchev–Trinajstić information content (AvgIpc) is 2.93. The van der Waals surface area contributed by atoms with Crippen LogP contribution in [0, 0.1) is 5.82 Å². The van der Waals surface area contributed by atoms with Gasteiger partial charge in [-0.2, -0.15) is 0 Å². The highest BCUT2D eigenvalue weighted by Gasteiger charge is 2.46. The quantitative estimate of drug-likeness (QED) is 0.662. The van der Waals surface area contributed by atoms with Gasteiger partial charge in [-0.1, -0.05) is 12.1 Å². The van der Waals surface area contributed by atoms with Crippen molar-refractivity contribution in [2.75, 3.05) is 39.5 Å². The Labute approximate surface area is 141 Å². The van der Waals surface area contributed by atoms with Crippen LogP contribution in [0.25, 0.3) is 0 Å². The lowest BCUT2D eigenvalue weighted by molar-refractivity contribution is -0.0225. The van der Waals surface area contributed by atoms with Gasteiger partial charge in [0.15, 0.2) is 0 Å². The minimum Gasteiger partial charge on any atom is -0.394 e. The van der Waals surface area contributed by atoms with E-state index >= 15 is 0 Å². The molecule has 1 aromatic carbocycles. The van der Waals surface area contributed by atoms with Crippen LogP contribution in [-0.2, 0) is 16.0 Å². The molecule has 1 aromatic rings. The third-order valence-electron chi connectivity index (χ3n) is 4.70. The molecule has 0 aromatic heterocycles. The van der Waals surface area contributed by atoms with Crippen LogP contribution in [0.4, 0.5) is 4.39 Å². The van der Waals surface area contributed by atoms with Crippen molar-refractivity contribution >= 4 is 0 Å². The molecule has 7 heteroatoms. The van der Waals surface area contributed by atoms with E-state index in [1.165, 1.54) is 12.1 Å². The maximum Gasteiger partial charge on any atom is 0.123 e. The van der Waals surface area contributed by atoms with Gasteiger partial charge in [0, 0.05) is 26.2 Å². The fourth-order valence-corrected chi connectivity index (χ4v) is 3.43. The molecular formula is C17H25FN2O4. The third kappa shape index (κ3) is 4.11. The fourth-order valence-electron chi connectivity index (χ4n) is 3.43. The number of nitrogens with one attached hydrogen (secondary N) is 1. The molecule has 2 heterocycles. The van der Waals surface area contributed by atoms with Gasteiger partial charge in [0.2, 0.25) is 0 Å². The van der Waals surface area contributed by atoms with Crippen LogP contribution in [0.5, 0.6) is 0 Å². The smallest absolute Gasteiger partial charge is 0.123 e. The maximum atomic E-state index is 12.9. The molecule has 3 N–H and O–H groups in total. The summed E-state index contributed by atoms with van der Waals surface area (Å²) in [7, 11) is 0. The van der Waals surface area contributed by atoms with Crippen molar-refractivity contribution < 1.29 is 24.1 Å². The molecule has 0 unspecified atom stereocenters. The van der Waals surface area contributed by atoms with Gasteiger partial charge in [-0.05, 0) is 17.7 Å². The van der Waals surface area contributed by atoms with Crippen LogP contribution in [-0.4, -0.2) is 78.9 Å². The van der Waals surface area contributed by atoms with Crippen LogP contribution >= 0.6 is 0 Å². The second kappa shape index (κ2) is 8.33. The summed E-state index contributed by atoms with van der Waals surface area (Å²) in [6.45, 7) is 3.72. The zero-order valence-corrected chi connectivity index (χ0v) is 13.6. The summed E-state index contributed by atoms with van der Waals surface area (Å²) in [6, 6.07) is 6.19. The molecule has 3 rings (SSSR count). The Morgan fingerprint density at radius 3 is 2.54 bits per heavy atom. The minimum atomic E-state index is -0.717. The van der Waals surface area contributed by atoms with Crippen LogP contribution in [0.2, 0.25) is 0 Å². The average molecular weight is 340 g/mol. The number of morpholine rings is 1. The monoisotopic (exact) mass is 340 g/mol. The lowest BCUT2D eigenvalue weighted by atomic mass is 10.0. The van der Waals surface area contributed by atoms with Gasteiger partial charge in [0.05, 0.1) is 32.0 Å². The summed E-state index contributed by atoms with van der Waals surface area (Å²) in [5.41, 5.74) is 0.983. The minimum absolute atomic E-state index is 0.160. The zero-order chi connectivity index (χ0) is 16.9. The van der Waals surface area contributed by atoms with E-state index in [0.717, 1.165) is 18.7 Å². The normalized spacial score (nSPS) is 31.5. The Kier molecular flexibility index (Phi) is 6.15. The topological polar surface area (TPSA) is 74.2 Å². The molecule has 0 bridgehead atoms. The summed E-state index contributed by atoms with van der Waals surface area (Å²) < 4.78 is 24.1. The molecule has 2 saturated heterocycles. The van der Waals surface area contributed by atoms with Gasteiger partial charge in [-0.15, -0.1) is 0 Å². The van der Waals surface area contributed by atoms with E-state index in [1.807, 2.05) is 0 Å². The second-order valence-electron chi connectivity index (χ2n) is 6.28. The van der Waals surface area contributed by atoms with Crippen LogP contribution in [0.15, 0.2) is 24.3 Å². The van der Waals surface area contributed by atoms with Gasteiger partial charge in [-0.3, -0.25) is 4.90 Å². The molecule has 0 amide bonds. The molecule has 0 spiro atoms. The van der Waals surface area contributed by atoms with E-state index in [-0.39, 0.29) is 24.6 Å². The van der Waals surface area contributed by atoms with Gasteiger partial charge in [-0.25, -0.2) is 4.39 Å². The SMILES string of the molecule is OC[C@@H]1O[C@@H](CNCc2ccc(F)cc2)[C@@H](N2CCOCC2)[C@@H]1O. The molecule has 4 atom stereocenters. The molecule has 0 radical (unpaired) electrons. The van der Waals surface area contributed by atoms with E-state index in [2.05, 4.69) is 10.2 Å². The van der Waals surface area contributed by atoms with Crippen molar-refractivity contribution in [1.82, 2.24) is 10.2 Å². The molecular weight excluding hydrogens is 315 g/mol. The third-order valence-corrected chi connectivity index (χ3v) is 4.70. The Morgan fingerprint density at radius 1 is 1.17 bits per heavy atom. The molecule has 2 aliphatic heterocycles. The van der Waals surface area contributed by atoms with Gasteiger partial charge in [0.25, 0.3) is 0 Å². The van der Waals surface area contributed by atoms with Crippen molar-refractivity contribution in [2.45, 2.75) is 30.9 Å². The number of aliphatic hydroxyl groups excluding tert-OH is 2. The number of rotatable bonds is 6. The highest BCUT2D eigenvalue weighted by atomic mass is 19.1. The molecule has 2 aliphatic rings. The van der Waals surface area contributed by atoms with E-state index in [0.29, 0.717) is 26.3 Å². The largest absolute Gasteiger partial charge is 0.394 e. The van der Waals surface area contributed by atoms with Gasteiger partial charge < -0.3 is 25.0 Å². The summed E-state index contributed by atoms with van der Waals surface area (Å²) >= 11 is 0. The van der Waals surface area contributed by atoms with Gasteiger partial charge >= 0.3 is 0 Å². The summed E-state index contributed by atoms with van der Waals surface area (Å²) in [6.07, 6.45) is -1.49. The Bertz CT molecular complexity index is 510. The molecule has 6 nitrogen and oxygen atoms in total.